The molecule has 1 unspecified atom stereocenters. The zero-order valence-corrected chi connectivity index (χ0v) is 11.3. The average molecular weight is 288 g/mol. The van der Waals surface area contributed by atoms with E-state index in [0.29, 0.717) is 23.0 Å². The number of halogens is 3. The number of alkyl halides is 3. The maximum atomic E-state index is 12.4. The first-order valence-electron chi connectivity index (χ1n) is 6.04. The standard InChI is InChI=1S/C12H15F3N4O/c1-7-4-16-11(20-7)8(2)18-10-5-17-19(9(10)3)6-12(13,14)15/h4-5,8,18H,6H2,1-3H3. The molecule has 0 aliphatic heterocycles. The maximum Gasteiger partial charge on any atom is 0.408 e. The molecular weight excluding hydrogens is 273 g/mol. The van der Waals surface area contributed by atoms with Crippen LogP contribution < -0.4 is 5.32 Å². The second-order valence-electron chi connectivity index (χ2n) is 4.59. The van der Waals surface area contributed by atoms with Crippen LogP contribution in [0.4, 0.5) is 18.9 Å². The molecule has 0 aliphatic rings. The zero-order chi connectivity index (χ0) is 14.9. The first-order chi connectivity index (χ1) is 9.26. The molecule has 1 N–H and O–H groups in total. The summed E-state index contributed by atoms with van der Waals surface area (Å²) in [6, 6.07) is -0.258. The van der Waals surface area contributed by atoms with Crippen molar-refractivity contribution in [2.24, 2.45) is 0 Å². The third-order valence-electron chi connectivity index (χ3n) is 2.81. The molecular formula is C12H15F3N4O. The van der Waals surface area contributed by atoms with Crippen molar-refractivity contribution in [2.75, 3.05) is 5.32 Å². The van der Waals surface area contributed by atoms with Gasteiger partial charge in [0.2, 0.25) is 5.89 Å². The van der Waals surface area contributed by atoms with Crippen molar-refractivity contribution in [3.63, 3.8) is 0 Å². The molecule has 2 rings (SSSR count). The highest BCUT2D eigenvalue weighted by atomic mass is 19.4. The minimum atomic E-state index is -4.29. The van der Waals surface area contributed by atoms with Crippen molar-refractivity contribution >= 4 is 5.69 Å². The molecule has 110 valence electrons. The molecule has 0 spiro atoms. The van der Waals surface area contributed by atoms with Gasteiger partial charge in [-0.15, -0.1) is 0 Å². The Morgan fingerprint density at radius 3 is 2.60 bits per heavy atom. The summed E-state index contributed by atoms with van der Waals surface area (Å²) in [7, 11) is 0. The summed E-state index contributed by atoms with van der Waals surface area (Å²) >= 11 is 0. The van der Waals surface area contributed by atoms with Gasteiger partial charge < -0.3 is 9.73 Å². The molecule has 1 atom stereocenters. The number of aryl methyl sites for hydroxylation is 1. The van der Waals surface area contributed by atoms with E-state index < -0.39 is 12.7 Å². The van der Waals surface area contributed by atoms with E-state index in [2.05, 4.69) is 15.4 Å². The Kier molecular flexibility index (Phi) is 3.74. The van der Waals surface area contributed by atoms with Gasteiger partial charge in [0.15, 0.2) is 0 Å². The van der Waals surface area contributed by atoms with Crippen molar-refractivity contribution in [1.29, 1.82) is 0 Å². The first kappa shape index (κ1) is 14.4. The topological polar surface area (TPSA) is 55.9 Å². The molecule has 0 amide bonds. The van der Waals surface area contributed by atoms with Gasteiger partial charge in [0, 0.05) is 0 Å². The minimum Gasteiger partial charge on any atom is -0.444 e. The fraction of sp³-hybridized carbons (Fsp3) is 0.500. The lowest BCUT2D eigenvalue weighted by atomic mass is 10.3. The second-order valence-corrected chi connectivity index (χ2v) is 4.59. The van der Waals surface area contributed by atoms with E-state index in [-0.39, 0.29) is 6.04 Å². The summed E-state index contributed by atoms with van der Waals surface area (Å²) in [5, 5.41) is 6.78. The Hall–Kier alpha value is -1.99. The number of aromatic nitrogens is 3. The van der Waals surface area contributed by atoms with Crippen molar-refractivity contribution in [3.8, 4) is 0 Å². The van der Waals surface area contributed by atoms with Crippen molar-refractivity contribution in [1.82, 2.24) is 14.8 Å². The predicted molar refractivity (Wildman–Crippen MR) is 66.3 cm³/mol. The smallest absolute Gasteiger partial charge is 0.408 e. The molecule has 0 saturated heterocycles. The number of hydrogen-bond donors (Lipinski definition) is 1. The first-order valence-corrected chi connectivity index (χ1v) is 6.04. The van der Waals surface area contributed by atoms with Gasteiger partial charge >= 0.3 is 6.18 Å². The number of nitrogens with zero attached hydrogens (tertiary/aromatic N) is 3. The molecule has 20 heavy (non-hydrogen) atoms. The fourth-order valence-electron chi connectivity index (χ4n) is 1.78. The number of anilines is 1. The molecule has 2 aromatic rings. The SMILES string of the molecule is Cc1cnc(C(C)Nc2cnn(CC(F)(F)F)c2C)o1. The molecule has 5 nitrogen and oxygen atoms in total. The highest BCUT2D eigenvalue weighted by molar-refractivity contribution is 5.47. The van der Waals surface area contributed by atoms with Gasteiger partial charge in [-0.3, -0.25) is 4.68 Å². The Morgan fingerprint density at radius 2 is 2.05 bits per heavy atom. The van der Waals surface area contributed by atoms with Gasteiger partial charge in [-0.25, -0.2) is 4.98 Å². The lowest BCUT2D eigenvalue weighted by Crippen LogP contribution is -2.19. The Labute approximate surface area is 113 Å². The van der Waals surface area contributed by atoms with Crippen LogP contribution in [0, 0.1) is 13.8 Å². The van der Waals surface area contributed by atoms with Crippen LogP contribution >= 0.6 is 0 Å². The van der Waals surface area contributed by atoms with E-state index in [9.17, 15) is 13.2 Å². The molecule has 0 aliphatic carbocycles. The molecule has 8 heteroatoms. The van der Waals surface area contributed by atoms with Crippen LogP contribution in [0.2, 0.25) is 0 Å². The third-order valence-corrected chi connectivity index (χ3v) is 2.81. The van der Waals surface area contributed by atoms with Gasteiger partial charge in [0.05, 0.1) is 23.8 Å². The van der Waals surface area contributed by atoms with E-state index in [1.807, 2.05) is 6.92 Å². The second kappa shape index (κ2) is 5.18. The lowest BCUT2D eigenvalue weighted by Gasteiger charge is -2.12. The van der Waals surface area contributed by atoms with E-state index in [4.69, 9.17) is 4.42 Å². The van der Waals surface area contributed by atoms with Crippen LogP contribution in [0.5, 0.6) is 0 Å². The normalized spacial score (nSPS) is 13.5. The molecule has 2 heterocycles. The largest absolute Gasteiger partial charge is 0.444 e. The molecule has 0 radical (unpaired) electrons. The van der Waals surface area contributed by atoms with Crippen LogP contribution in [0.3, 0.4) is 0 Å². The fourth-order valence-corrected chi connectivity index (χ4v) is 1.78. The summed E-state index contributed by atoms with van der Waals surface area (Å²) in [6.07, 6.45) is -1.33. The predicted octanol–water partition coefficient (Wildman–Crippen LogP) is 3.22. The zero-order valence-electron chi connectivity index (χ0n) is 11.3. The Morgan fingerprint density at radius 1 is 1.35 bits per heavy atom. The van der Waals surface area contributed by atoms with Crippen LogP contribution in [0.1, 0.15) is 30.3 Å². The number of nitrogens with one attached hydrogen (secondary N) is 1. The van der Waals surface area contributed by atoms with Crippen molar-refractivity contribution < 1.29 is 17.6 Å². The highest BCUT2D eigenvalue weighted by Gasteiger charge is 2.29. The Bertz CT molecular complexity index is 588. The highest BCUT2D eigenvalue weighted by Crippen LogP contribution is 2.24. The third kappa shape index (κ3) is 3.31. The van der Waals surface area contributed by atoms with Crippen molar-refractivity contribution in [2.45, 2.75) is 39.5 Å². The average Bonchev–Trinajstić information content (AvgIpc) is 2.88. The summed E-state index contributed by atoms with van der Waals surface area (Å²) < 4.78 is 43.3. The van der Waals surface area contributed by atoms with Gasteiger partial charge in [-0.05, 0) is 20.8 Å². The van der Waals surface area contributed by atoms with Crippen LogP contribution in [-0.2, 0) is 6.54 Å². The van der Waals surface area contributed by atoms with Gasteiger partial charge in [-0.1, -0.05) is 0 Å². The summed E-state index contributed by atoms with van der Waals surface area (Å²) in [5.41, 5.74) is 0.940. The summed E-state index contributed by atoms with van der Waals surface area (Å²) in [5.74, 6) is 1.16. The molecule has 2 aromatic heterocycles. The quantitative estimate of drug-likeness (QED) is 0.938. The molecule has 0 saturated carbocycles. The van der Waals surface area contributed by atoms with Gasteiger partial charge in [-0.2, -0.15) is 18.3 Å². The summed E-state index contributed by atoms with van der Waals surface area (Å²) in [4.78, 5) is 4.07. The van der Waals surface area contributed by atoms with Crippen LogP contribution in [0.15, 0.2) is 16.8 Å². The summed E-state index contributed by atoms with van der Waals surface area (Å²) in [6.45, 7) is 4.06. The Balaban J connectivity index is 2.10. The van der Waals surface area contributed by atoms with E-state index in [1.54, 1.807) is 20.0 Å². The van der Waals surface area contributed by atoms with Gasteiger partial charge in [0.1, 0.15) is 18.3 Å². The maximum absolute atomic E-state index is 12.4. The number of hydrogen-bond acceptors (Lipinski definition) is 4. The van der Waals surface area contributed by atoms with Crippen LogP contribution in [0.25, 0.3) is 0 Å². The van der Waals surface area contributed by atoms with E-state index >= 15 is 0 Å². The number of rotatable bonds is 4. The van der Waals surface area contributed by atoms with Crippen molar-refractivity contribution in [3.05, 3.63) is 29.7 Å². The molecule has 0 bridgehead atoms. The van der Waals surface area contributed by atoms with Gasteiger partial charge in [0.25, 0.3) is 0 Å². The van der Waals surface area contributed by atoms with E-state index in [0.717, 1.165) is 4.68 Å². The minimum absolute atomic E-state index is 0.258. The molecule has 0 fully saturated rings. The molecule has 0 aromatic carbocycles. The lowest BCUT2D eigenvalue weighted by molar-refractivity contribution is -0.142. The monoisotopic (exact) mass is 288 g/mol. The van der Waals surface area contributed by atoms with E-state index in [1.165, 1.54) is 6.20 Å². The van der Waals surface area contributed by atoms with Crippen LogP contribution in [-0.4, -0.2) is 20.9 Å². The number of oxazole rings is 1.